The van der Waals surface area contributed by atoms with Gasteiger partial charge in [-0.2, -0.15) is 0 Å². The van der Waals surface area contributed by atoms with Crippen molar-refractivity contribution in [3.05, 3.63) is 29.8 Å². The summed E-state index contributed by atoms with van der Waals surface area (Å²) in [6.07, 6.45) is 3.11. The maximum absolute atomic E-state index is 13.5. The molecule has 3 rings (SSSR count). The molecule has 5 heteroatoms. The summed E-state index contributed by atoms with van der Waals surface area (Å²) in [5, 5.41) is 0. The number of carbonyl (C=O) groups is 1. The molecular formula is C17H24FN3O. The van der Waals surface area contributed by atoms with E-state index >= 15 is 0 Å². The zero-order valence-corrected chi connectivity index (χ0v) is 12.9. The molecule has 2 N–H and O–H groups in total. The van der Waals surface area contributed by atoms with Crippen LogP contribution in [0.2, 0.25) is 0 Å². The predicted molar refractivity (Wildman–Crippen MR) is 85.4 cm³/mol. The van der Waals surface area contributed by atoms with E-state index in [-0.39, 0.29) is 6.42 Å². The van der Waals surface area contributed by atoms with Gasteiger partial charge in [0.2, 0.25) is 5.91 Å². The fourth-order valence-electron chi connectivity index (χ4n) is 3.52. The number of nitrogens with zero attached hydrogens (tertiary/aromatic N) is 2. The number of halogens is 1. The Morgan fingerprint density at radius 2 is 1.86 bits per heavy atom. The van der Waals surface area contributed by atoms with Crippen molar-refractivity contribution in [3.63, 3.8) is 0 Å². The first kappa shape index (κ1) is 15.3. The summed E-state index contributed by atoms with van der Waals surface area (Å²) in [4.78, 5) is 15.7. The minimum atomic E-state index is -0.954. The van der Waals surface area contributed by atoms with E-state index in [0.717, 1.165) is 18.7 Å². The number of piperidine rings is 1. The molecule has 2 heterocycles. The molecule has 1 aromatic carbocycles. The Morgan fingerprint density at radius 3 is 2.50 bits per heavy atom. The first-order chi connectivity index (χ1) is 10.6. The number of benzene rings is 1. The molecule has 2 atom stereocenters. The molecule has 1 aromatic rings. The van der Waals surface area contributed by atoms with Gasteiger partial charge in [-0.05, 0) is 37.0 Å². The number of amides is 1. The number of hydrogen-bond donors (Lipinski definition) is 1. The van der Waals surface area contributed by atoms with E-state index in [1.807, 2.05) is 4.90 Å². The molecule has 0 aliphatic carbocycles. The lowest BCUT2D eigenvalue weighted by molar-refractivity contribution is -0.122. The molecule has 1 amide bonds. The topological polar surface area (TPSA) is 49.6 Å². The maximum atomic E-state index is 13.5. The van der Waals surface area contributed by atoms with E-state index in [1.54, 1.807) is 0 Å². The SMILES string of the molecule is NC(=O)[C@@H]1C[C@@H](F)CN1Cc1ccc(N2CCCCC2)cc1. The molecule has 4 nitrogen and oxygen atoms in total. The van der Waals surface area contributed by atoms with Crippen molar-refractivity contribution in [2.75, 3.05) is 24.5 Å². The summed E-state index contributed by atoms with van der Waals surface area (Å²) >= 11 is 0. The van der Waals surface area contributed by atoms with Crippen molar-refractivity contribution in [1.29, 1.82) is 0 Å². The molecule has 0 spiro atoms. The van der Waals surface area contributed by atoms with Gasteiger partial charge in [-0.25, -0.2) is 4.39 Å². The molecule has 0 unspecified atom stereocenters. The van der Waals surface area contributed by atoms with Crippen molar-refractivity contribution in [2.45, 2.75) is 44.4 Å². The highest BCUT2D eigenvalue weighted by atomic mass is 19.1. The number of likely N-dealkylation sites (tertiary alicyclic amines) is 1. The van der Waals surface area contributed by atoms with Crippen molar-refractivity contribution in [2.24, 2.45) is 5.73 Å². The Morgan fingerprint density at radius 1 is 1.18 bits per heavy atom. The van der Waals surface area contributed by atoms with Crippen LogP contribution in [-0.4, -0.2) is 42.7 Å². The molecule has 2 fully saturated rings. The van der Waals surface area contributed by atoms with Crippen LogP contribution >= 0.6 is 0 Å². The Hall–Kier alpha value is -1.62. The molecule has 2 saturated heterocycles. The Kier molecular flexibility index (Phi) is 4.62. The fraction of sp³-hybridized carbons (Fsp3) is 0.588. The quantitative estimate of drug-likeness (QED) is 0.926. The van der Waals surface area contributed by atoms with E-state index in [9.17, 15) is 9.18 Å². The van der Waals surface area contributed by atoms with Crippen LogP contribution in [0.4, 0.5) is 10.1 Å². The van der Waals surface area contributed by atoms with Gasteiger partial charge in [0, 0.05) is 38.3 Å². The zero-order chi connectivity index (χ0) is 15.5. The normalized spacial score (nSPS) is 26.3. The minimum absolute atomic E-state index is 0.223. The number of nitrogens with two attached hydrogens (primary N) is 1. The van der Waals surface area contributed by atoms with Crippen LogP contribution in [0.25, 0.3) is 0 Å². The highest BCUT2D eigenvalue weighted by Gasteiger charge is 2.35. The summed E-state index contributed by atoms with van der Waals surface area (Å²) in [6.45, 7) is 3.12. The van der Waals surface area contributed by atoms with E-state index in [1.165, 1.54) is 24.9 Å². The minimum Gasteiger partial charge on any atom is -0.372 e. The van der Waals surface area contributed by atoms with Crippen LogP contribution < -0.4 is 10.6 Å². The van der Waals surface area contributed by atoms with E-state index in [0.29, 0.717) is 13.1 Å². The molecule has 0 bridgehead atoms. The molecular weight excluding hydrogens is 281 g/mol. The van der Waals surface area contributed by atoms with Gasteiger partial charge in [0.1, 0.15) is 6.17 Å². The third-order valence-electron chi connectivity index (χ3n) is 4.72. The average Bonchev–Trinajstić information content (AvgIpc) is 2.90. The molecule has 22 heavy (non-hydrogen) atoms. The van der Waals surface area contributed by atoms with E-state index < -0.39 is 18.1 Å². The summed E-state index contributed by atoms with van der Waals surface area (Å²) in [6, 6.07) is 7.93. The second kappa shape index (κ2) is 6.65. The smallest absolute Gasteiger partial charge is 0.234 e. The van der Waals surface area contributed by atoms with E-state index in [4.69, 9.17) is 5.73 Å². The molecule has 120 valence electrons. The summed E-state index contributed by atoms with van der Waals surface area (Å²) < 4.78 is 13.5. The standard InChI is InChI=1S/C17H24FN3O/c18-14-10-16(17(19)22)21(12-14)11-13-4-6-15(7-5-13)20-8-2-1-3-9-20/h4-7,14,16H,1-3,8-12H2,(H2,19,22)/t14-,16+/m1/s1. The summed E-state index contributed by atoms with van der Waals surface area (Å²) in [7, 11) is 0. The van der Waals surface area contributed by atoms with Gasteiger partial charge in [0.05, 0.1) is 6.04 Å². The molecule has 2 aliphatic rings. The second-order valence-corrected chi connectivity index (χ2v) is 6.39. The van der Waals surface area contributed by atoms with Crippen LogP contribution in [0, 0.1) is 0 Å². The van der Waals surface area contributed by atoms with Gasteiger partial charge in [-0.3, -0.25) is 9.69 Å². The van der Waals surface area contributed by atoms with Crippen molar-refractivity contribution in [3.8, 4) is 0 Å². The number of rotatable bonds is 4. The lowest BCUT2D eigenvalue weighted by atomic mass is 10.1. The lowest BCUT2D eigenvalue weighted by Crippen LogP contribution is -2.39. The summed E-state index contributed by atoms with van der Waals surface area (Å²) in [5.74, 6) is -0.426. The highest BCUT2D eigenvalue weighted by Crippen LogP contribution is 2.24. The Bertz CT molecular complexity index is 513. The van der Waals surface area contributed by atoms with Crippen molar-refractivity contribution < 1.29 is 9.18 Å². The third-order valence-corrected chi connectivity index (χ3v) is 4.72. The van der Waals surface area contributed by atoms with Crippen LogP contribution in [-0.2, 0) is 11.3 Å². The monoisotopic (exact) mass is 305 g/mol. The second-order valence-electron chi connectivity index (χ2n) is 6.39. The Labute approximate surface area is 131 Å². The highest BCUT2D eigenvalue weighted by molar-refractivity contribution is 5.80. The van der Waals surface area contributed by atoms with Gasteiger partial charge in [-0.1, -0.05) is 12.1 Å². The van der Waals surface area contributed by atoms with Crippen LogP contribution in [0.5, 0.6) is 0 Å². The lowest BCUT2D eigenvalue weighted by Gasteiger charge is -2.29. The third kappa shape index (κ3) is 3.40. The average molecular weight is 305 g/mol. The van der Waals surface area contributed by atoms with Gasteiger partial charge in [0.25, 0.3) is 0 Å². The number of alkyl halides is 1. The first-order valence-electron chi connectivity index (χ1n) is 8.15. The number of hydrogen-bond acceptors (Lipinski definition) is 3. The summed E-state index contributed by atoms with van der Waals surface area (Å²) in [5.41, 5.74) is 7.72. The van der Waals surface area contributed by atoms with Gasteiger partial charge in [-0.15, -0.1) is 0 Å². The maximum Gasteiger partial charge on any atom is 0.234 e. The molecule has 0 saturated carbocycles. The van der Waals surface area contributed by atoms with Gasteiger partial charge in [0.15, 0.2) is 0 Å². The predicted octanol–water partition coefficient (Wildman–Crippen LogP) is 2.07. The number of anilines is 1. The molecule has 2 aliphatic heterocycles. The van der Waals surface area contributed by atoms with Gasteiger partial charge < -0.3 is 10.6 Å². The Balaban J connectivity index is 1.64. The van der Waals surface area contributed by atoms with Gasteiger partial charge >= 0.3 is 0 Å². The molecule has 0 radical (unpaired) electrons. The number of primary amides is 1. The zero-order valence-electron chi connectivity index (χ0n) is 12.9. The van der Waals surface area contributed by atoms with Crippen LogP contribution in [0.1, 0.15) is 31.2 Å². The van der Waals surface area contributed by atoms with Crippen molar-refractivity contribution >= 4 is 11.6 Å². The van der Waals surface area contributed by atoms with Crippen LogP contribution in [0.15, 0.2) is 24.3 Å². The largest absolute Gasteiger partial charge is 0.372 e. The van der Waals surface area contributed by atoms with E-state index in [2.05, 4.69) is 29.2 Å². The fourth-order valence-corrected chi connectivity index (χ4v) is 3.52. The van der Waals surface area contributed by atoms with Crippen LogP contribution in [0.3, 0.4) is 0 Å². The number of carbonyl (C=O) groups excluding carboxylic acids is 1. The molecule has 0 aromatic heterocycles. The first-order valence-corrected chi connectivity index (χ1v) is 8.15. The van der Waals surface area contributed by atoms with Crippen molar-refractivity contribution in [1.82, 2.24) is 4.90 Å².